The zero-order valence-corrected chi connectivity index (χ0v) is 12.4. The van der Waals surface area contributed by atoms with Gasteiger partial charge in [-0.05, 0) is 42.3 Å². The van der Waals surface area contributed by atoms with Crippen LogP contribution < -0.4 is 5.32 Å². The van der Waals surface area contributed by atoms with Crippen molar-refractivity contribution >= 4 is 5.91 Å². The first-order valence-electron chi connectivity index (χ1n) is 7.33. The highest BCUT2D eigenvalue weighted by atomic mass is 19.1. The normalized spacial score (nSPS) is 16.9. The van der Waals surface area contributed by atoms with Crippen molar-refractivity contribution in [3.63, 3.8) is 0 Å². The number of nitrogens with one attached hydrogen (secondary N) is 1. The summed E-state index contributed by atoms with van der Waals surface area (Å²) in [6.45, 7) is 1.16. The van der Waals surface area contributed by atoms with E-state index in [1.54, 1.807) is 29.4 Å². The van der Waals surface area contributed by atoms with Gasteiger partial charge in [0, 0.05) is 42.7 Å². The minimum atomic E-state index is -0.385. The average molecular weight is 310 g/mol. The molecule has 5 nitrogen and oxygen atoms in total. The van der Waals surface area contributed by atoms with E-state index in [1.807, 2.05) is 0 Å². The van der Waals surface area contributed by atoms with Crippen LogP contribution in [0.1, 0.15) is 16.8 Å². The van der Waals surface area contributed by atoms with Crippen LogP contribution in [0.25, 0.3) is 11.1 Å². The Kier molecular flexibility index (Phi) is 4.20. The molecule has 2 heterocycles. The molecule has 0 bridgehead atoms. The highest BCUT2D eigenvalue weighted by Crippen LogP contribution is 2.23. The van der Waals surface area contributed by atoms with Gasteiger partial charge < -0.3 is 10.2 Å². The van der Waals surface area contributed by atoms with E-state index in [1.165, 1.54) is 18.2 Å². The minimum Gasteiger partial charge on any atom is -0.347 e. The van der Waals surface area contributed by atoms with Crippen LogP contribution in [0, 0.1) is 17.3 Å². The number of amides is 1. The lowest BCUT2D eigenvalue weighted by Crippen LogP contribution is -2.36. The summed E-state index contributed by atoms with van der Waals surface area (Å²) in [5.74, 6) is -0.644. The van der Waals surface area contributed by atoms with E-state index in [-0.39, 0.29) is 17.8 Å². The molecular weight excluding hydrogens is 295 g/mol. The van der Waals surface area contributed by atoms with Crippen LogP contribution >= 0.6 is 0 Å². The first kappa shape index (κ1) is 15.0. The van der Waals surface area contributed by atoms with Gasteiger partial charge in [0.05, 0.1) is 0 Å². The summed E-state index contributed by atoms with van der Waals surface area (Å²) in [5, 5.41) is 11.7. The van der Waals surface area contributed by atoms with Gasteiger partial charge in [-0.3, -0.25) is 9.78 Å². The summed E-state index contributed by atoms with van der Waals surface area (Å²) in [4.78, 5) is 17.9. The van der Waals surface area contributed by atoms with Gasteiger partial charge in [-0.15, -0.1) is 0 Å². The number of carbonyl (C=O) groups is 1. The number of pyridine rings is 1. The molecule has 0 unspecified atom stereocenters. The summed E-state index contributed by atoms with van der Waals surface area (Å²) >= 11 is 0. The summed E-state index contributed by atoms with van der Waals surface area (Å²) < 4.78 is 14.0. The van der Waals surface area contributed by atoms with Crippen molar-refractivity contribution < 1.29 is 9.18 Å². The summed E-state index contributed by atoms with van der Waals surface area (Å²) in [5.41, 5.74) is 1.43. The van der Waals surface area contributed by atoms with Gasteiger partial charge in [0.2, 0.25) is 0 Å². The third-order valence-corrected chi connectivity index (χ3v) is 3.88. The molecule has 1 N–H and O–H groups in total. The third kappa shape index (κ3) is 3.29. The van der Waals surface area contributed by atoms with E-state index in [9.17, 15) is 9.18 Å². The first-order valence-corrected chi connectivity index (χ1v) is 7.33. The van der Waals surface area contributed by atoms with Gasteiger partial charge in [-0.2, -0.15) is 5.26 Å². The van der Waals surface area contributed by atoms with Gasteiger partial charge >= 0.3 is 0 Å². The Morgan fingerprint density at radius 1 is 1.35 bits per heavy atom. The van der Waals surface area contributed by atoms with E-state index in [4.69, 9.17) is 5.26 Å². The van der Waals surface area contributed by atoms with E-state index in [2.05, 4.69) is 16.5 Å². The maximum Gasteiger partial charge on any atom is 0.251 e. The fourth-order valence-electron chi connectivity index (χ4n) is 2.66. The molecule has 1 aromatic heterocycles. The lowest BCUT2D eigenvalue weighted by atomic mass is 10.0. The molecule has 1 aliphatic heterocycles. The molecule has 1 fully saturated rings. The van der Waals surface area contributed by atoms with Gasteiger partial charge in [-0.1, -0.05) is 0 Å². The number of hydrogen-bond acceptors (Lipinski definition) is 4. The van der Waals surface area contributed by atoms with Crippen LogP contribution in [0.5, 0.6) is 0 Å². The number of likely N-dealkylation sites (tertiary alicyclic amines) is 1. The van der Waals surface area contributed by atoms with Crippen molar-refractivity contribution in [1.82, 2.24) is 15.2 Å². The average Bonchev–Trinajstić information content (AvgIpc) is 3.03. The molecule has 0 aliphatic carbocycles. The number of aromatic nitrogens is 1. The second-order valence-corrected chi connectivity index (χ2v) is 5.44. The topological polar surface area (TPSA) is 69.0 Å². The number of carbonyl (C=O) groups excluding carboxylic acids is 1. The van der Waals surface area contributed by atoms with Crippen molar-refractivity contribution in [2.45, 2.75) is 12.5 Å². The minimum absolute atomic E-state index is 0.0587. The third-order valence-electron chi connectivity index (χ3n) is 3.88. The number of benzene rings is 1. The summed E-state index contributed by atoms with van der Waals surface area (Å²) in [6.07, 6.45) is 5.97. The summed E-state index contributed by atoms with van der Waals surface area (Å²) in [6, 6.07) is 7.63. The van der Waals surface area contributed by atoms with Crippen molar-refractivity contribution in [3.05, 3.63) is 54.1 Å². The van der Waals surface area contributed by atoms with E-state index in [0.717, 1.165) is 6.42 Å². The van der Waals surface area contributed by atoms with Crippen molar-refractivity contribution in [1.29, 1.82) is 5.26 Å². The molecule has 23 heavy (non-hydrogen) atoms. The number of nitrogens with zero attached hydrogens (tertiary/aromatic N) is 3. The van der Waals surface area contributed by atoms with Crippen LogP contribution in [0.15, 0.2) is 42.7 Å². The number of rotatable bonds is 3. The SMILES string of the molecule is N#CN1CC[C@@H](NC(=O)c2ccc(F)c(-c3ccncc3)c2)C1. The van der Waals surface area contributed by atoms with E-state index < -0.39 is 0 Å². The fourth-order valence-corrected chi connectivity index (χ4v) is 2.66. The Hall–Kier alpha value is -2.94. The van der Waals surface area contributed by atoms with Crippen LogP contribution in [0.2, 0.25) is 0 Å². The van der Waals surface area contributed by atoms with Gasteiger partial charge in [0.1, 0.15) is 5.82 Å². The Labute approximate surface area is 133 Å². The lowest BCUT2D eigenvalue weighted by molar-refractivity contribution is 0.0939. The van der Waals surface area contributed by atoms with Crippen LogP contribution in [-0.4, -0.2) is 34.9 Å². The van der Waals surface area contributed by atoms with Crippen LogP contribution in [0.4, 0.5) is 4.39 Å². The second kappa shape index (κ2) is 6.44. The Balaban J connectivity index is 1.78. The standard InChI is InChI=1S/C17H15FN4O/c18-16-2-1-13(9-15(16)12-3-6-20-7-4-12)17(23)21-14-5-8-22(10-14)11-19/h1-4,6-7,9,14H,5,8,10H2,(H,21,23)/t14-/m1/s1. The molecule has 6 heteroatoms. The van der Waals surface area contributed by atoms with Gasteiger partial charge in [-0.25, -0.2) is 4.39 Å². The van der Waals surface area contributed by atoms with Crippen molar-refractivity contribution in [3.8, 4) is 17.3 Å². The molecule has 0 radical (unpaired) electrons. The van der Waals surface area contributed by atoms with E-state index >= 15 is 0 Å². The molecule has 0 spiro atoms. The van der Waals surface area contributed by atoms with Crippen LogP contribution in [-0.2, 0) is 0 Å². The maximum atomic E-state index is 14.0. The van der Waals surface area contributed by atoms with Crippen molar-refractivity contribution in [2.24, 2.45) is 0 Å². The number of hydrogen-bond donors (Lipinski definition) is 1. The highest BCUT2D eigenvalue weighted by Gasteiger charge is 2.23. The monoisotopic (exact) mass is 310 g/mol. The molecule has 116 valence electrons. The molecule has 0 saturated carbocycles. The molecular formula is C17H15FN4O. The number of nitriles is 1. The predicted octanol–water partition coefficient (Wildman–Crippen LogP) is 2.17. The number of halogens is 1. The van der Waals surface area contributed by atoms with Gasteiger partial charge in [0.15, 0.2) is 6.19 Å². The smallest absolute Gasteiger partial charge is 0.251 e. The Bertz CT molecular complexity index is 757. The van der Waals surface area contributed by atoms with Gasteiger partial charge in [0.25, 0.3) is 5.91 Å². The summed E-state index contributed by atoms with van der Waals surface area (Å²) in [7, 11) is 0. The fraction of sp³-hybridized carbons (Fsp3) is 0.235. The highest BCUT2D eigenvalue weighted by molar-refractivity contribution is 5.95. The largest absolute Gasteiger partial charge is 0.347 e. The van der Waals surface area contributed by atoms with E-state index in [0.29, 0.717) is 29.8 Å². The maximum absolute atomic E-state index is 14.0. The molecule has 1 aromatic carbocycles. The quantitative estimate of drug-likeness (QED) is 0.882. The van der Waals surface area contributed by atoms with Crippen LogP contribution in [0.3, 0.4) is 0 Å². The first-order chi connectivity index (χ1) is 11.2. The van der Waals surface area contributed by atoms with Crippen molar-refractivity contribution in [2.75, 3.05) is 13.1 Å². The molecule has 3 rings (SSSR count). The molecule has 1 atom stereocenters. The zero-order valence-electron chi connectivity index (χ0n) is 12.4. The second-order valence-electron chi connectivity index (χ2n) is 5.44. The Morgan fingerprint density at radius 3 is 2.83 bits per heavy atom. The molecule has 1 amide bonds. The Morgan fingerprint density at radius 2 is 2.13 bits per heavy atom. The molecule has 1 saturated heterocycles. The zero-order chi connectivity index (χ0) is 16.2. The predicted molar refractivity (Wildman–Crippen MR) is 82.7 cm³/mol. The molecule has 1 aliphatic rings. The lowest BCUT2D eigenvalue weighted by Gasteiger charge is -2.13. The molecule has 2 aromatic rings.